The summed E-state index contributed by atoms with van der Waals surface area (Å²) in [7, 11) is 0. The molecule has 0 aliphatic rings. The molecule has 0 heterocycles. The van der Waals surface area contributed by atoms with E-state index in [0.717, 1.165) is 0 Å². The molecule has 0 saturated heterocycles. The standard InChI is InChI=1S/C8H18O2/c1-6(2)8(10)5-4-7(3)9/h6-10H,4-5H2,1-3H3. The lowest BCUT2D eigenvalue weighted by molar-refractivity contribution is 0.0905. The van der Waals surface area contributed by atoms with Crippen molar-refractivity contribution in [3.05, 3.63) is 0 Å². The Labute approximate surface area is 62.9 Å². The lowest BCUT2D eigenvalue weighted by Gasteiger charge is -2.14. The van der Waals surface area contributed by atoms with Gasteiger partial charge < -0.3 is 10.2 Å². The molecule has 0 amide bonds. The van der Waals surface area contributed by atoms with Crippen LogP contribution in [-0.2, 0) is 0 Å². The van der Waals surface area contributed by atoms with E-state index in [0.29, 0.717) is 18.8 Å². The van der Waals surface area contributed by atoms with Gasteiger partial charge in [0, 0.05) is 0 Å². The summed E-state index contributed by atoms with van der Waals surface area (Å²) in [5.41, 5.74) is 0. The molecule has 0 bridgehead atoms. The third-order valence-corrected chi connectivity index (χ3v) is 1.65. The van der Waals surface area contributed by atoms with Gasteiger partial charge in [-0.1, -0.05) is 13.8 Å². The Hall–Kier alpha value is -0.0800. The first-order valence-electron chi connectivity index (χ1n) is 3.90. The summed E-state index contributed by atoms with van der Waals surface area (Å²) in [4.78, 5) is 0. The topological polar surface area (TPSA) is 40.5 Å². The summed E-state index contributed by atoms with van der Waals surface area (Å²) in [5.74, 6) is 0.304. The first kappa shape index (κ1) is 9.92. The Kier molecular flexibility index (Phi) is 4.65. The number of hydrogen-bond acceptors (Lipinski definition) is 2. The van der Waals surface area contributed by atoms with Crippen molar-refractivity contribution in [2.24, 2.45) is 5.92 Å². The molecule has 0 spiro atoms. The van der Waals surface area contributed by atoms with E-state index in [-0.39, 0.29) is 12.2 Å². The Balaban J connectivity index is 3.30. The average Bonchev–Trinajstić information content (AvgIpc) is 1.82. The number of aliphatic hydroxyl groups excluding tert-OH is 2. The Morgan fingerprint density at radius 2 is 1.50 bits per heavy atom. The van der Waals surface area contributed by atoms with Crippen molar-refractivity contribution in [2.75, 3.05) is 0 Å². The van der Waals surface area contributed by atoms with E-state index >= 15 is 0 Å². The fourth-order valence-corrected chi connectivity index (χ4v) is 0.745. The van der Waals surface area contributed by atoms with Crippen LogP contribution in [0.2, 0.25) is 0 Å². The van der Waals surface area contributed by atoms with Gasteiger partial charge in [-0.3, -0.25) is 0 Å². The Bertz CT molecular complexity index is 79.3. The zero-order valence-electron chi connectivity index (χ0n) is 7.04. The lowest BCUT2D eigenvalue weighted by Crippen LogP contribution is -2.16. The maximum Gasteiger partial charge on any atom is 0.0564 e. The van der Waals surface area contributed by atoms with E-state index in [2.05, 4.69) is 0 Å². The van der Waals surface area contributed by atoms with Crippen LogP contribution >= 0.6 is 0 Å². The normalized spacial score (nSPS) is 17.4. The van der Waals surface area contributed by atoms with E-state index in [1.807, 2.05) is 13.8 Å². The van der Waals surface area contributed by atoms with Crippen molar-refractivity contribution in [2.45, 2.75) is 45.8 Å². The summed E-state index contributed by atoms with van der Waals surface area (Å²) in [5, 5.41) is 18.1. The second-order valence-electron chi connectivity index (χ2n) is 3.24. The van der Waals surface area contributed by atoms with Crippen molar-refractivity contribution in [3.63, 3.8) is 0 Å². The Morgan fingerprint density at radius 1 is 1.00 bits per heavy atom. The molecule has 2 unspecified atom stereocenters. The minimum absolute atomic E-state index is 0.255. The quantitative estimate of drug-likeness (QED) is 0.625. The van der Waals surface area contributed by atoms with Gasteiger partial charge in [-0.05, 0) is 25.7 Å². The van der Waals surface area contributed by atoms with E-state index in [1.165, 1.54) is 0 Å². The number of hydrogen-bond donors (Lipinski definition) is 2. The zero-order chi connectivity index (χ0) is 8.15. The molecule has 0 rings (SSSR count). The van der Waals surface area contributed by atoms with E-state index in [4.69, 9.17) is 5.11 Å². The first-order chi connectivity index (χ1) is 4.54. The van der Waals surface area contributed by atoms with Crippen molar-refractivity contribution in [3.8, 4) is 0 Å². The molecule has 0 fully saturated rings. The predicted octanol–water partition coefficient (Wildman–Crippen LogP) is 1.16. The van der Waals surface area contributed by atoms with Crippen molar-refractivity contribution in [1.29, 1.82) is 0 Å². The summed E-state index contributed by atoms with van der Waals surface area (Å²) in [6.45, 7) is 5.70. The molecular formula is C8H18O2. The third-order valence-electron chi connectivity index (χ3n) is 1.65. The number of aliphatic hydroxyl groups is 2. The van der Waals surface area contributed by atoms with Gasteiger partial charge in [-0.15, -0.1) is 0 Å². The largest absolute Gasteiger partial charge is 0.393 e. The molecule has 2 atom stereocenters. The molecular weight excluding hydrogens is 128 g/mol. The minimum Gasteiger partial charge on any atom is -0.393 e. The van der Waals surface area contributed by atoms with Gasteiger partial charge in [-0.25, -0.2) is 0 Å². The smallest absolute Gasteiger partial charge is 0.0564 e. The van der Waals surface area contributed by atoms with Gasteiger partial charge in [-0.2, -0.15) is 0 Å². The molecule has 0 aliphatic heterocycles. The molecule has 0 aliphatic carbocycles. The second-order valence-corrected chi connectivity index (χ2v) is 3.24. The van der Waals surface area contributed by atoms with Crippen LogP contribution in [0.5, 0.6) is 0 Å². The van der Waals surface area contributed by atoms with Crippen molar-refractivity contribution < 1.29 is 10.2 Å². The van der Waals surface area contributed by atoms with Crippen LogP contribution in [0.3, 0.4) is 0 Å². The van der Waals surface area contributed by atoms with Gasteiger partial charge in [0.25, 0.3) is 0 Å². The van der Waals surface area contributed by atoms with Crippen LogP contribution in [0.4, 0.5) is 0 Å². The summed E-state index contributed by atoms with van der Waals surface area (Å²) in [6.07, 6.45) is 0.859. The summed E-state index contributed by atoms with van der Waals surface area (Å²) >= 11 is 0. The molecule has 0 aromatic rings. The first-order valence-corrected chi connectivity index (χ1v) is 3.90. The molecule has 10 heavy (non-hydrogen) atoms. The van der Waals surface area contributed by atoms with Gasteiger partial charge in [0.1, 0.15) is 0 Å². The van der Waals surface area contributed by atoms with Crippen LogP contribution in [0.25, 0.3) is 0 Å². The molecule has 0 aromatic carbocycles. The monoisotopic (exact) mass is 146 g/mol. The maximum atomic E-state index is 9.26. The molecule has 2 N–H and O–H groups in total. The van der Waals surface area contributed by atoms with Gasteiger partial charge in [0.2, 0.25) is 0 Å². The SMILES string of the molecule is CC(O)CCC(O)C(C)C. The molecule has 2 heteroatoms. The molecule has 2 nitrogen and oxygen atoms in total. The maximum absolute atomic E-state index is 9.26. The van der Waals surface area contributed by atoms with Gasteiger partial charge in [0.15, 0.2) is 0 Å². The van der Waals surface area contributed by atoms with Gasteiger partial charge in [0.05, 0.1) is 12.2 Å². The zero-order valence-corrected chi connectivity index (χ0v) is 7.04. The summed E-state index contributed by atoms with van der Waals surface area (Å²) in [6, 6.07) is 0. The molecule has 0 aromatic heterocycles. The van der Waals surface area contributed by atoms with Crippen LogP contribution in [-0.4, -0.2) is 22.4 Å². The van der Waals surface area contributed by atoms with Gasteiger partial charge >= 0.3 is 0 Å². The lowest BCUT2D eigenvalue weighted by atomic mass is 10.0. The fourth-order valence-electron chi connectivity index (χ4n) is 0.745. The predicted molar refractivity (Wildman–Crippen MR) is 41.8 cm³/mol. The Morgan fingerprint density at radius 3 is 1.80 bits per heavy atom. The second kappa shape index (κ2) is 4.69. The van der Waals surface area contributed by atoms with Crippen LogP contribution < -0.4 is 0 Å². The highest BCUT2D eigenvalue weighted by atomic mass is 16.3. The highest BCUT2D eigenvalue weighted by molar-refractivity contribution is 4.61. The highest BCUT2D eigenvalue weighted by Crippen LogP contribution is 2.09. The van der Waals surface area contributed by atoms with Crippen molar-refractivity contribution in [1.82, 2.24) is 0 Å². The van der Waals surface area contributed by atoms with Crippen molar-refractivity contribution >= 4 is 0 Å². The van der Waals surface area contributed by atoms with Crippen LogP contribution in [0.15, 0.2) is 0 Å². The van der Waals surface area contributed by atoms with Crippen LogP contribution in [0.1, 0.15) is 33.6 Å². The van der Waals surface area contributed by atoms with E-state index < -0.39 is 0 Å². The number of rotatable bonds is 4. The summed E-state index contributed by atoms with van der Waals surface area (Å²) < 4.78 is 0. The van der Waals surface area contributed by atoms with E-state index in [1.54, 1.807) is 6.92 Å². The molecule has 0 saturated carbocycles. The third kappa shape index (κ3) is 4.77. The average molecular weight is 146 g/mol. The molecule has 0 radical (unpaired) electrons. The van der Waals surface area contributed by atoms with E-state index in [9.17, 15) is 5.11 Å². The molecule has 62 valence electrons. The highest BCUT2D eigenvalue weighted by Gasteiger charge is 2.09. The van der Waals surface area contributed by atoms with Crippen LogP contribution in [0, 0.1) is 5.92 Å². The minimum atomic E-state index is -0.284. The fraction of sp³-hybridized carbons (Fsp3) is 1.00.